The summed E-state index contributed by atoms with van der Waals surface area (Å²) in [6.45, 7) is 18.6. The molecule has 6 heterocycles. The molecule has 1 unspecified atom stereocenters. The number of piperidine rings is 1. The molecular weight excluding hydrogens is 1310 g/mol. The van der Waals surface area contributed by atoms with E-state index in [0.29, 0.717) is 55.8 Å². The van der Waals surface area contributed by atoms with Crippen LogP contribution in [0.25, 0.3) is 0 Å². The van der Waals surface area contributed by atoms with Gasteiger partial charge in [0.25, 0.3) is 11.8 Å². The van der Waals surface area contributed by atoms with E-state index in [4.69, 9.17) is 24.4 Å². The number of halogens is 6. The lowest BCUT2D eigenvalue weighted by molar-refractivity contribution is -0.202. The van der Waals surface area contributed by atoms with Crippen molar-refractivity contribution in [2.75, 3.05) is 54.4 Å². The van der Waals surface area contributed by atoms with Gasteiger partial charge in [0.15, 0.2) is 15.9 Å². The summed E-state index contributed by atoms with van der Waals surface area (Å²) in [5.74, 6) is -3.28. The van der Waals surface area contributed by atoms with E-state index in [-0.39, 0.29) is 70.2 Å². The van der Waals surface area contributed by atoms with Gasteiger partial charge >= 0.3 is 18.3 Å². The molecule has 10 rings (SSSR count). The standard InChI is InChI=1S/C70H87F6N13O7S2/c1-41-37-82(29-9-11-45-13-20-50(21-14-45)88-64(97)84(61(93)66(88,5)6)52-24-17-47(34-77)55(31-52)69(71,72)73)38-42(2)86(41)68(63(95)96,33-59(91)80-49-19-27-57(79-36-49)54-26-28-58(90)81-60(54)92)87-43(3)39-83(40-44(87)4)30-10-12-46-15-22-51(23-16-46)89-65(98)85(62(94)67(89,7)8)53-25-18-48(35-78)56(32-53)70(74,75)76/h17-19,24-25,27,31-32,36,41-46,50-51,54H,9-16,20-23,26,28-30,33,37-40H2,1-8H3,(H,80,91)(H,95,96)(H,81,90,92)/t41-,42+,43-,44+,45?,46?,50?,51?,54?,68?. The van der Waals surface area contributed by atoms with Crippen LogP contribution in [-0.4, -0.2) is 177 Å². The molecule has 7 aliphatic rings. The first kappa shape index (κ1) is 73.5. The number of nitriles is 2. The molecule has 5 aliphatic heterocycles. The van der Waals surface area contributed by atoms with Gasteiger partial charge in [-0.1, -0.05) is 0 Å². The molecule has 20 nitrogen and oxygen atoms in total. The van der Waals surface area contributed by atoms with Crippen LogP contribution < -0.4 is 20.4 Å². The normalized spacial score (nSPS) is 27.6. The number of amides is 5. The highest BCUT2D eigenvalue weighted by molar-refractivity contribution is 7.80. The Balaban J connectivity index is 0.769. The number of carbonyl (C=O) groups is 6. The summed E-state index contributed by atoms with van der Waals surface area (Å²) < 4.78 is 84.1. The Morgan fingerprint density at radius 3 is 1.42 bits per heavy atom. The Kier molecular flexibility index (Phi) is 21.6. The predicted octanol–water partition coefficient (Wildman–Crippen LogP) is 10.8. The smallest absolute Gasteiger partial charge is 0.417 e. The van der Waals surface area contributed by atoms with Crippen LogP contribution in [0.4, 0.5) is 43.4 Å². The maximum absolute atomic E-state index is 14.7. The minimum atomic E-state index is -4.81. The van der Waals surface area contributed by atoms with Crippen LogP contribution in [0, 0.1) is 34.5 Å². The first-order valence-electron chi connectivity index (χ1n) is 34.0. The van der Waals surface area contributed by atoms with Crippen molar-refractivity contribution in [3.63, 3.8) is 0 Å². The number of piperazine rings is 2. The highest BCUT2D eigenvalue weighted by Crippen LogP contribution is 2.46. The predicted molar refractivity (Wildman–Crippen MR) is 362 cm³/mol. The number of alkyl halides is 6. The van der Waals surface area contributed by atoms with E-state index in [1.165, 1.54) is 18.3 Å². The van der Waals surface area contributed by atoms with Crippen molar-refractivity contribution < 1.29 is 60.2 Å². The largest absolute Gasteiger partial charge is 0.479 e. The first-order valence-corrected chi connectivity index (χ1v) is 34.9. The summed E-state index contributed by atoms with van der Waals surface area (Å²) in [4.78, 5) is 101. The van der Waals surface area contributed by atoms with Gasteiger partial charge in [-0.2, -0.15) is 36.9 Å². The van der Waals surface area contributed by atoms with E-state index in [1.807, 2.05) is 47.3 Å². The van der Waals surface area contributed by atoms with Crippen LogP contribution in [-0.2, 0) is 41.1 Å². The summed E-state index contributed by atoms with van der Waals surface area (Å²) in [6.07, 6.45) is 1.71. The summed E-state index contributed by atoms with van der Waals surface area (Å²) in [6, 6.07) is 11.2. The van der Waals surface area contributed by atoms with E-state index in [0.717, 1.165) is 124 Å². The number of thiocarbonyl (C=S) groups is 2. The summed E-state index contributed by atoms with van der Waals surface area (Å²) >= 11 is 11.7. The average Bonchev–Trinajstić information content (AvgIpc) is 0.800. The van der Waals surface area contributed by atoms with Crippen molar-refractivity contribution in [3.8, 4) is 12.1 Å². The van der Waals surface area contributed by atoms with Gasteiger partial charge in [0.1, 0.15) is 11.1 Å². The molecule has 0 radical (unpaired) electrons. The minimum Gasteiger partial charge on any atom is -0.479 e. The van der Waals surface area contributed by atoms with Gasteiger partial charge in [0, 0.05) is 68.9 Å². The second-order valence-electron chi connectivity index (χ2n) is 29.1. The van der Waals surface area contributed by atoms with Crippen molar-refractivity contribution in [1.29, 1.82) is 10.5 Å². The SMILES string of the molecule is C[C@@H]1CN(CCCC2CCC(N3C(=S)N(c4ccc(C#N)c(C(F)(F)F)c4)C(=O)C3(C)C)CC2)C[C@H](C)N1C(CC(=O)Nc1ccc(C2CCC(=O)NC2=O)nc1)(C(=O)O)N1[C@H](C)CN(CCCC2CCC(N3C(=S)N(c4ccc(C#N)c(C(F)(F)F)c4)C(=O)C3(C)C)CC2)C[C@@H]1C. The third-order valence-corrected chi connectivity index (χ3v) is 22.4. The molecule has 5 amide bonds. The van der Waals surface area contributed by atoms with E-state index in [9.17, 15) is 70.7 Å². The molecule has 98 heavy (non-hydrogen) atoms. The fourth-order valence-corrected chi connectivity index (χ4v) is 18.4. The second kappa shape index (κ2) is 28.8. The van der Waals surface area contributed by atoms with Gasteiger partial charge in [-0.25, -0.2) is 4.79 Å². The van der Waals surface area contributed by atoms with Gasteiger partial charge < -0.3 is 30.0 Å². The van der Waals surface area contributed by atoms with Crippen LogP contribution >= 0.6 is 24.4 Å². The quantitative estimate of drug-likeness (QED) is 0.0575. The maximum Gasteiger partial charge on any atom is 0.417 e. The van der Waals surface area contributed by atoms with Crippen LogP contribution in [0.3, 0.4) is 0 Å². The number of pyridine rings is 1. The molecule has 0 bridgehead atoms. The van der Waals surface area contributed by atoms with Gasteiger partial charge in [-0.05, 0) is 237 Å². The number of anilines is 3. The number of aliphatic carboxylic acids is 1. The lowest BCUT2D eigenvalue weighted by Crippen LogP contribution is -2.78. The lowest BCUT2D eigenvalue weighted by Gasteiger charge is -2.60. The molecule has 5 atom stereocenters. The number of aromatic nitrogens is 1. The topological polar surface area (TPSA) is 233 Å². The van der Waals surface area contributed by atoms with Crippen molar-refractivity contribution in [1.82, 2.24) is 39.7 Å². The summed E-state index contributed by atoms with van der Waals surface area (Å²) in [7, 11) is 0. The zero-order valence-corrected chi connectivity index (χ0v) is 58.3. The average molecular weight is 1400 g/mol. The molecule has 0 spiro atoms. The number of hydrogen-bond donors (Lipinski definition) is 3. The van der Waals surface area contributed by atoms with E-state index < -0.39 is 93.3 Å². The number of imide groups is 1. The van der Waals surface area contributed by atoms with Gasteiger partial charge in [0.2, 0.25) is 17.7 Å². The molecule has 3 aromatic rings. The van der Waals surface area contributed by atoms with E-state index in [1.54, 1.807) is 52.0 Å². The third-order valence-electron chi connectivity index (χ3n) is 21.6. The highest BCUT2D eigenvalue weighted by Gasteiger charge is 2.60. The number of nitrogens with zero attached hydrogens (tertiary/aromatic N) is 11. The maximum atomic E-state index is 14.7. The molecule has 28 heteroatoms. The molecule has 2 aromatic carbocycles. The Hall–Kier alpha value is -7.21. The molecule has 3 N–H and O–H groups in total. The van der Waals surface area contributed by atoms with Crippen LogP contribution in [0.15, 0.2) is 54.7 Å². The third kappa shape index (κ3) is 14.6. The van der Waals surface area contributed by atoms with Crippen molar-refractivity contribution in [2.24, 2.45) is 11.8 Å². The lowest BCUT2D eigenvalue weighted by atomic mass is 9.81. The highest BCUT2D eigenvalue weighted by atomic mass is 32.1. The molecule has 7 fully saturated rings. The van der Waals surface area contributed by atoms with Crippen LogP contribution in [0.1, 0.15) is 186 Å². The molecule has 1 aromatic heterocycles. The zero-order chi connectivity index (χ0) is 71.3. The Bertz CT molecular complexity index is 3470. The van der Waals surface area contributed by atoms with Gasteiger partial charge in [0.05, 0.1) is 75.7 Å². The summed E-state index contributed by atoms with van der Waals surface area (Å²) in [5.41, 5.74) is -6.77. The zero-order valence-electron chi connectivity index (χ0n) is 56.6. The second-order valence-corrected chi connectivity index (χ2v) is 29.8. The number of carboxylic acids is 1. The fraction of sp³-hybridized carbons (Fsp3) is 0.614. The monoisotopic (exact) mass is 1400 g/mol. The Morgan fingerprint density at radius 1 is 0.643 bits per heavy atom. The van der Waals surface area contributed by atoms with E-state index in [2.05, 4.69) is 25.4 Å². The first-order chi connectivity index (χ1) is 46.1. The van der Waals surface area contributed by atoms with Crippen molar-refractivity contribution >= 4 is 87.2 Å². The number of carbonyl (C=O) groups excluding carboxylic acids is 5. The molecule has 2 aliphatic carbocycles. The minimum absolute atomic E-state index is 0.0407. The number of benzene rings is 2. The number of nitrogens with one attached hydrogen (secondary N) is 2. The molecule has 5 saturated heterocycles. The van der Waals surface area contributed by atoms with Crippen LogP contribution in [0.5, 0.6) is 0 Å². The van der Waals surface area contributed by atoms with Crippen LogP contribution in [0.2, 0.25) is 0 Å². The van der Waals surface area contributed by atoms with Crippen molar-refractivity contribution in [2.45, 2.75) is 223 Å². The molecule has 528 valence electrons. The number of carboxylic acid groups (broad SMARTS) is 1. The molecular formula is C70H87F6N13O7S2. The van der Waals surface area contributed by atoms with E-state index >= 15 is 0 Å². The number of hydrogen-bond acceptors (Lipinski definition) is 15. The Labute approximate surface area is 579 Å². The Morgan fingerprint density at radius 2 is 1.06 bits per heavy atom. The molecule has 2 saturated carbocycles. The van der Waals surface area contributed by atoms with Gasteiger partial charge in [-0.15, -0.1) is 0 Å². The number of rotatable bonds is 19. The fourth-order valence-electron chi connectivity index (χ4n) is 17.3. The van der Waals surface area contributed by atoms with Crippen molar-refractivity contribution in [3.05, 3.63) is 82.7 Å². The van der Waals surface area contributed by atoms with Gasteiger partial charge in [-0.3, -0.25) is 53.9 Å². The summed E-state index contributed by atoms with van der Waals surface area (Å²) in [5, 5.41) is 36.3.